The van der Waals surface area contributed by atoms with Crippen LogP contribution >= 0.6 is 24.0 Å². The number of amides is 1. The molecule has 2 heterocycles. The van der Waals surface area contributed by atoms with Gasteiger partial charge in [-0.2, -0.15) is 0 Å². The van der Waals surface area contributed by atoms with E-state index in [0.717, 1.165) is 37.6 Å². The van der Waals surface area contributed by atoms with Crippen LogP contribution in [-0.2, 0) is 11.2 Å². The summed E-state index contributed by atoms with van der Waals surface area (Å²) in [5.41, 5.74) is 2.36. The quantitative estimate of drug-likeness (QED) is 0.371. The van der Waals surface area contributed by atoms with Crippen LogP contribution in [0.25, 0.3) is 0 Å². The average molecular weight is 507 g/mol. The number of nitrogens with one attached hydrogen (secondary N) is 1. The van der Waals surface area contributed by atoms with Gasteiger partial charge in [-0.15, -0.1) is 24.0 Å². The summed E-state index contributed by atoms with van der Waals surface area (Å²) >= 11 is 0. The Balaban J connectivity index is 0.00000300. The third-order valence-corrected chi connectivity index (χ3v) is 5.22. The highest BCUT2D eigenvalue weighted by Gasteiger charge is 2.26. The van der Waals surface area contributed by atoms with E-state index in [-0.39, 0.29) is 36.4 Å². The molecule has 1 atom stereocenters. The summed E-state index contributed by atoms with van der Waals surface area (Å²) < 4.78 is 0. The molecule has 6 nitrogen and oxygen atoms in total. The lowest BCUT2D eigenvalue weighted by Crippen LogP contribution is -2.45. The van der Waals surface area contributed by atoms with E-state index in [1.807, 2.05) is 31.3 Å². The Hall–Kier alpha value is -2.16. The fourth-order valence-corrected chi connectivity index (χ4v) is 3.52. The number of pyridine rings is 1. The van der Waals surface area contributed by atoms with E-state index in [4.69, 9.17) is 0 Å². The summed E-state index contributed by atoms with van der Waals surface area (Å²) in [5.74, 6) is 1.36. The zero-order chi connectivity index (χ0) is 19.8. The lowest BCUT2D eigenvalue weighted by atomic mass is 9.99. The molecule has 3 rings (SSSR count). The number of carbonyl (C=O) groups excluding carboxylic acids is 1. The Labute approximate surface area is 190 Å². The molecule has 7 heteroatoms. The van der Waals surface area contributed by atoms with E-state index in [9.17, 15) is 4.79 Å². The minimum absolute atomic E-state index is 0. The van der Waals surface area contributed by atoms with Crippen molar-refractivity contribution in [2.75, 3.05) is 40.3 Å². The van der Waals surface area contributed by atoms with Crippen molar-refractivity contribution in [3.63, 3.8) is 0 Å². The van der Waals surface area contributed by atoms with Gasteiger partial charge in [0.2, 0.25) is 5.91 Å². The zero-order valence-electron chi connectivity index (χ0n) is 17.1. The van der Waals surface area contributed by atoms with Gasteiger partial charge in [0.1, 0.15) is 0 Å². The molecule has 0 radical (unpaired) electrons. The van der Waals surface area contributed by atoms with Crippen molar-refractivity contribution in [2.45, 2.75) is 18.8 Å². The molecule has 1 aromatic carbocycles. The monoisotopic (exact) mass is 507 g/mol. The van der Waals surface area contributed by atoms with Gasteiger partial charge in [0.25, 0.3) is 0 Å². The predicted molar refractivity (Wildman–Crippen MR) is 128 cm³/mol. The lowest BCUT2D eigenvalue weighted by Gasteiger charge is -2.23. The number of nitrogens with zero attached hydrogens (tertiary/aromatic N) is 4. The first-order valence-corrected chi connectivity index (χ1v) is 9.82. The number of hydrogen-bond donors (Lipinski definition) is 1. The maximum Gasteiger partial charge on any atom is 0.241 e. The van der Waals surface area contributed by atoms with Crippen LogP contribution in [0.5, 0.6) is 0 Å². The molecule has 1 amide bonds. The van der Waals surface area contributed by atoms with Crippen LogP contribution < -0.4 is 5.32 Å². The molecule has 156 valence electrons. The van der Waals surface area contributed by atoms with Crippen molar-refractivity contribution in [2.24, 2.45) is 4.99 Å². The number of guanidine groups is 1. The van der Waals surface area contributed by atoms with Gasteiger partial charge >= 0.3 is 0 Å². The second kappa shape index (κ2) is 11.7. The highest BCUT2D eigenvalue weighted by Crippen LogP contribution is 2.26. The van der Waals surface area contributed by atoms with Gasteiger partial charge in [0.05, 0.1) is 6.54 Å². The van der Waals surface area contributed by atoms with E-state index in [1.54, 1.807) is 18.1 Å². The SMILES string of the molecule is CN=C(NCC(=O)N(C)CCc1ccccn1)N1CCC(c2ccccc2)C1.I. The van der Waals surface area contributed by atoms with Gasteiger partial charge in [-0.3, -0.25) is 14.8 Å². The van der Waals surface area contributed by atoms with Crippen molar-refractivity contribution in [3.05, 3.63) is 66.0 Å². The Morgan fingerprint density at radius 3 is 2.69 bits per heavy atom. The topological polar surface area (TPSA) is 60.8 Å². The van der Waals surface area contributed by atoms with E-state index in [2.05, 4.69) is 44.5 Å². The molecular weight excluding hydrogens is 477 g/mol. The number of aromatic nitrogens is 1. The largest absolute Gasteiger partial charge is 0.347 e. The van der Waals surface area contributed by atoms with Crippen LogP contribution in [0.2, 0.25) is 0 Å². The molecule has 1 unspecified atom stereocenters. The molecule has 0 bridgehead atoms. The Morgan fingerprint density at radius 1 is 1.24 bits per heavy atom. The maximum absolute atomic E-state index is 12.5. The van der Waals surface area contributed by atoms with E-state index >= 15 is 0 Å². The van der Waals surface area contributed by atoms with Crippen LogP contribution in [0.15, 0.2) is 59.7 Å². The maximum atomic E-state index is 12.5. The summed E-state index contributed by atoms with van der Waals surface area (Å²) in [5, 5.41) is 3.23. The number of benzene rings is 1. The molecule has 0 spiro atoms. The first-order chi connectivity index (χ1) is 13.7. The Bertz CT molecular complexity index is 784. The number of hydrogen-bond acceptors (Lipinski definition) is 3. The second-order valence-electron chi connectivity index (χ2n) is 7.13. The van der Waals surface area contributed by atoms with Crippen molar-refractivity contribution < 1.29 is 4.79 Å². The number of aliphatic imine (C=N–C) groups is 1. The fourth-order valence-electron chi connectivity index (χ4n) is 3.52. The zero-order valence-corrected chi connectivity index (χ0v) is 19.5. The number of halogens is 1. The lowest BCUT2D eigenvalue weighted by molar-refractivity contribution is -0.128. The third kappa shape index (κ3) is 6.69. The molecule has 1 fully saturated rings. The van der Waals surface area contributed by atoms with E-state index < -0.39 is 0 Å². The smallest absolute Gasteiger partial charge is 0.241 e. The van der Waals surface area contributed by atoms with Crippen LogP contribution in [0.4, 0.5) is 0 Å². The molecule has 1 aliphatic heterocycles. The number of likely N-dealkylation sites (N-methyl/N-ethyl adjacent to an activating group) is 1. The van der Waals surface area contributed by atoms with Crippen LogP contribution in [-0.4, -0.2) is 66.9 Å². The van der Waals surface area contributed by atoms with E-state index in [0.29, 0.717) is 12.5 Å². The number of carbonyl (C=O) groups is 1. The van der Waals surface area contributed by atoms with Crippen molar-refractivity contribution >= 4 is 35.8 Å². The average Bonchev–Trinajstić information content (AvgIpc) is 3.24. The summed E-state index contributed by atoms with van der Waals surface area (Å²) in [4.78, 5) is 25.1. The molecule has 29 heavy (non-hydrogen) atoms. The highest BCUT2D eigenvalue weighted by molar-refractivity contribution is 14.0. The molecule has 1 saturated heterocycles. The minimum Gasteiger partial charge on any atom is -0.347 e. The van der Waals surface area contributed by atoms with E-state index in [1.165, 1.54) is 5.56 Å². The highest BCUT2D eigenvalue weighted by atomic mass is 127. The van der Waals surface area contributed by atoms with Gasteiger partial charge in [-0.05, 0) is 24.1 Å². The van der Waals surface area contributed by atoms with Crippen LogP contribution in [0.3, 0.4) is 0 Å². The second-order valence-corrected chi connectivity index (χ2v) is 7.13. The van der Waals surface area contributed by atoms with Gasteiger partial charge < -0.3 is 15.1 Å². The van der Waals surface area contributed by atoms with Crippen molar-refractivity contribution in [3.8, 4) is 0 Å². The molecule has 0 saturated carbocycles. The summed E-state index contributed by atoms with van der Waals surface area (Å²) in [6.45, 7) is 2.77. The van der Waals surface area contributed by atoms with Gasteiger partial charge in [-0.1, -0.05) is 36.4 Å². The van der Waals surface area contributed by atoms with Crippen LogP contribution in [0, 0.1) is 0 Å². The normalized spacial score (nSPS) is 16.3. The number of likely N-dealkylation sites (tertiary alicyclic amines) is 1. The van der Waals surface area contributed by atoms with Crippen molar-refractivity contribution in [1.29, 1.82) is 0 Å². The molecular formula is C22H30IN5O. The Morgan fingerprint density at radius 2 is 2.00 bits per heavy atom. The van der Waals surface area contributed by atoms with Crippen LogP contribution in [0.1, 0.15) is 23.6 Å². The molecule has 2 aromatic rings. The molecule has 1 N–H and O–H groups in total. The summed E-state index contributed by atoms with van der Waals surface area (Å²) in [6.07, 6.45) is 3.63. The summed E-state index contributed by atoms with van der Waals surface area (Å²) in [6, 6.07) is 16.4. The van der Waals surface area contributed by atoms with Gasteiger partial charge in [0, 0.05) is 58.0 Å². The number of rotatable bonds is 6. The molecule has 1 aliphatic rings. The minimum atomic E-state index is 0. The van der Waals surface area contributed by atoms with Crippen molar-refractivity contribution in [1.82, 2.24) is 20.1 Å². The first-order valence-electron chi connectivity index (χ1n) is 9.82. The standard InChI is InChI=1S/C22H29N5O.HI/c1-23-22(27-15-11-19(17-27)18-8-4-3-5-9-18)25-16-21(28)26(2)14-12-20-10-6-7-13-24-20;/h3-10,13,19H,11-12,14-17H2,1-2H3,(H,23,25);1H. The fraction of sp³-hybridized carbons (Fsp3) is 0.409. The third-order valence-electron chi connectivity index (χ3n) is 5.22. The molecule has 1 aromatic heterocycles. The van der Waals surface area contributed by atoms with Gasteiger partial charge in [0.15, 0.2) is 5.96 Å². The molecule has 0 aliphatic carbocycles. The Kier molecular flexibility index (Phi) is 9.37. The summed E-state index contributed by atoms with van der Waals surface area (Å²) in [7, 11) is 3.60. The predicted octanol–water partition coefficient (Wildman–Crippen LogP) is 2.77. The first kappa shape index (κ1) is 23.1. The van der Waals surface area contributed by atoms with Gasteiger partial charge in [-0.25, -0.2) is 0 Å².